The summed E-state index contributed by atoms with van der Waals surface area (Å²) < 4.78 is 28.9. The molecule has 0 aliphatic heterocycles. The average molecular weight is 397 g/mol. The van der Waals surface area contributed by atoms with Crippen molar-refractivity contribution in [2.24, 2.45) is 5.73 Å². The molecule has 0 saturated carbocycles. The van der Waals surface area contributed by atoms with Crippen LogP contribution in [0.1, 0.15) is 24.0 Å². The summed E-state index contributed by atoms with van der Waals surface area (Å²) in [5, 5.41) is 1.55. The number of hydrogen-bond donors (Lipinski definition) is 2. The number of carbonyl (C=O) groups excluding carboxylic acids is 1. The van der Waals surface area contributed by atoms with Crippen molar-refractivity contribution in [1.82, 2.24) is 4.72 Å². The van der Waals surface area contributed by atoms with Gasteiger partial charge in [0.15, 0.2) is 0 Å². The maximum Gasteiger partial charge on any atom is 0.241 e. The number of benzene rings is 3. The van der Waals surface area contributed by atoms with Crippen LogP contribution in [0.3, 0.4) is 0 Å². The number of nitrogens with two attached hydrogens (primary N) is 1. The molecule has 6 heteroatoms. The largest absolute Gasteiger partial charge is 0.370 e. The van der Waals surface area contributed by atoms with Gasteiger partial charge < -0.3 is 5.73 Å². The topological polar surface area (TPSA) is 89.3 Å². The van der Waals surface area contributed by atoms with E-state index in [4.69, 9.17) is 5.73 Å². The molecule has 3 aromatic carbocycles. The van der Waals surface area contributed by atoms with Crippen molar-refractivity contribution < 1.29 is 13.2 Å². The second-order valence-electron chi connectivity index (χ2n) is 6.94. The van der Waals surface area contributed by atoms with Gasteiger partial charge in [-0.2, -0.15) is 0 Å². The van der Waals surface area contributed by atoms with Gasteiger partial charge in [0.2, 0.25) is 15.9 Å². The van der Waals surface area contributed by atoms with Gasteiger partial charge in [-0.15, -0.1) is 0 Å². The van der Waals surface area contributed by atoms with E-state index in [-0.39, 0.29) is 11.3 Å². The van der Waals surface area contributed by atoms with Gasteiger partial charge in [-0.3, -0.25) is 4.79 Å². The molecular weight excluding hydrogens is 372 g/mol. The molecule has 146 valence electrons. The van der Waals surface area contributed by atoms with E-state index in [9.17, 15) is 13.2 Å². The van der Waals surface area contributed by atoms with E-state index < -0.39 is 22.0 Å². The third kappa shape index (κ3) is 4.77. The average Bonchev–Trinajstić information content (AvgIpc) is 2.66. The molecule has 0 spiro atoms. The van der Waals surface area contributed by atoms with Crippen molar-refractivity contribution >= 4 is 26.7 Å². The van der Waals surface area contributed by atoms with E-state index in [0.29, 0.717) is 18.2 Å². The van der Waals surface area contributed by atoms with E-state index >= 15 is 0 Å². The van der Waals surface area contributed by atoms with Crippen LogP contribution in [0.15, 0.2) is 71.6 Å². The highest BCUT2D eigenvalue weighted by atomic mass is 32.2. The monoisotopic (exact) mass is 396 g/mol. The van der Waals surface area contributed by atoms with Gasteiger partial charge in [0.25, 0.3) is 0 Å². The normalized spacial score (nSPS) is 12.8. The Bertz CT molecular complexity index is 1080. The van der Waals surface area contributed by atoms with Crippen LogP contribution in [0.25, 0.3) is 10.8 Å². The van der Waals surface area contributed by atoms with Gasteiger partial charge in [0.1, 0.15) is 0 Å². The molecule has 0 saturated heterocycles. The second-order valence-corrected chi connectivity index (χ2v) is 8.62. The molecule has 0 aliphatic rings. The number of rotatable bonds is 8. The lowest BCUT2D eigenvalue weighted by molar-refractivity contribution is -0.118. The Hall–Kier alpha value is -2.70. The lowest BCUT2D eigenvalue weighted by atomic mass is 10.0. The van der Waals surface area contributed by atoms with Crippen LogP contribution in [0.4, 0.5) is 0 Å². The molecule has 5 nitrogen and oxygen atoms in total. The summed E-state index contributed by atoms with van der Waals surface area (Å²) in [6.07, 6.45) is 1.09. The molecule has 1 atom stereocenters. The maximum absolute atomic E-state index is 13.1. The van der Waals surface area contributed by atoms with Gasteiger partial charge >= 0.3 is 0 Å². The number of primary amides is 1. The zero-order chi connectivity index (χ0) is 20.1. The smallest absolute Gasteiger partial charge is 0.241 e. The Morgan fingerprint density at radius 1 is 0.964 bits per heavy atom. The standard InChI is InChI=1S/C22H24N2O3S/c1-16-11-14-21(20-10-6-5-9-19(16)20)28(26,27)24-18(15-22(23)25)13-12-17-7-3-2-4-8-17/h2-11,14,18,24H,12-13,15H2,1H3,(H2,23,25)/t18-/m1/s1. The lowest BCUT2D eigenvalue weighted by Crippen LogP contribution is -2.38. The van der Waals surface area contributed by atoms with E-state index in [1.54, 1.807) is 18.2 Å². The number of nitrogens with one attached hydrogen (secondary N) is 1. The molecular formula is C22H24N2O3S. The molecule has 0 radical (unpaired) electrons. The SMILES string of the molecule is Cc1ccc(S(=O)(=O)N[C@H](CCc2ccccc2)CC(N)=O)c2ccccc12. The van der Waals surface area contributed by atoms with Crippen LogP contribution in [0, 0.1) is 6.92 Å². The molecule has 3 rings (SSSR count). The Morgan fingerprint density at radius 3 is 2.29 bits per heavy atom. The number of hydrogen-bond acceptors (Lipinski definition) is 3. The molecule has 0 aliphatic carbocycles. The minimum atomic E-state index is -3.81. The number of fused-ring (bicyclic) bond motifs is 1. The summed E-state index contributed by atoms with van der Waals surface area (Å²) in [5.74, 6) is -0.533. The van der Waals surface area contributed by atoms with Crippen molar-refractivity contribution in [2.45, 2.75) is 37.1 Å². The van der Waals surface area contributed by atoms with Crippen LogP contribution in [0.2, 0.25) is 0 Å². The fourth-order valence-corrected chi connectivity index (χ4v) is 4.85. The van der Waals surface area contributed by atoms with E-state index in [2.05, 4.69) is 4.72 Å². The Morgan fingerprint density at radius 2 is 1.61 bits per heavy atom. The third-order valence-corrected chi connectivity index (χ3v) is 6.36. The Labute approximate surface area is 165 Å². The minimum Gasteiger partial charge on any atom is -0.370 e. The quantitative estimate of drug-likeness (QED) is 0.612. The second kappa shape index (κ2) is 8.54. The van der Waals surface area contributed by atoms with Crippen LogP contribution in [0.5, 0.6) is 0 Å². The van der Waals surface area contributed by atoms with Crippen molar-refractivity contribution in [3.8, 4) is 0 Å². The highest BCUT2D eigenvalue weighted by molar-refractivity contribution is 7.89. The predicted molar refractivity (Wildman–Crippen MR) is 111 cm³/mol. The number of aryl methyl sites for hydroxylation is 2. The van der Waals surface area contributed by atoms with Crippen LogP contribution in [-0.4, -0.2) is 20.4 Å². The summed E-state index contributed by atoms with van der Waals surface area (Å²) in [6, 6.07) is 20.0. The molecule has 1 amide bonds. The number of carbonyl (C=O) groups is 1. The van der Waals surface area contributed by atoms with Gasteiger partial charge in [-0.1, -0.05) is 60.7 Å². The lowest BCUT2D eigenvalue weighted by Gasteiger charge is -2.19. The van der Waals surface area contributed by atoms with Gasteiger partial charge in [0.05, 0.1) is 4.90 Å². The summed E-state index contributed by atoms with van der Waals surface area (Å²) in [4.78, 5) is 11.7. The van der Waals surface area contributed by atoms with Crippen LogP contribution < -0.4 is 10.5 Å². The van der Waals surface area contributed by atoms with E-state index in [0.717, 1.165) is 16.5 Å². The molecule has 0 heterocycles. The first kappa shape index (κ1) is 20.0. The van der Waals surface area contributed by atoms with E-state index in [1.807, 2.05) is 55.5 Å². The van der Waals surface area contributed by atoms with Crippen molar-refractivity contribution in [3.63, 3.8) is 0 Å². The van der Waals surface area contributed by atoms with Gasteiger partial charge in [-0.25, -0.2) is 13.1 Å². The van der Waals surface area contributed by atoms with Crippen LogP contribution >= 0.6 is 0 Å². The van der Waals surface area contributed by atoms with Crippen LogP contribution in [-0.2, 0) is 21.2 Å². The fraction of sp³-hybridized carbons (Fsp3) is 0.227. The first-order valence-corrected chi connectivity index (χ1v) is 10.7. The highest BCUT2D eigenvalue weighted by Crippen LogP contribution is 2.26. The van der Waals surface area contributed by atoms with E-state index in [1.165, 1.54) is 0 Å². The first-order chi connectivity index (χ1) is 13.4. The molecule has 0 unspecified atom stereocenters. The zero-order valence-electron chi connectivity index (χ0n) is 15.8. The molecule has 0 bridgehead atoms. The Kier molecular flexibility index (Phi) is 6.11. The predicted octanol–water partition coefficient (Wildman–Crippen LogP) is 3.30. The van der Waals surface area contributed by atoms with Gasteiger partial charge in [-0.05, 0) is 42.3 Å². The molecule has 28 heavy (non-hydrogen) atoms. The minimum absolute atomic E-state index is 0.0458. The summed E-state index contributed by atoms with van der Waals surface area (Å²) in [5.41, 5.74) is 7.44. The van der Waals surface area contributed by atoms with Gasteiger partial charge in [0, 0.05) is 17.8 Å². The molecule has 3 N–H and O–H groups in total. The summed E-state index contributed by atoms with van der Waals surface area (Å²) in [7, 11) is -3.81. The molecule has 0 aromatic heterocycles. The number of sulfonamides is 1. The van der Waals surface area contributed by atoms with Crippen molar-refractivity contribution in [1.29, 1.82) is 0 Å². The first-order valence-electron chi connectivity index (χ1n) is 9.20. The fourth-order valence-electron chi connectivity index (χ4n) is 3.37. The Balaban J connectivity index is 1.87. The zero-order valence-corrected chi connectivity index (χ0v) is 16.6. The molecule has 0 fully saturated rings. The summed E-state index contributed by atoms with van der Waals surface area (Å²) >= 11 is 0. The highest BCUT2D eigenvalue weighted by Gasteiger charge is 2.23. The molecule has 3 aromatic rings. The van der Waals surface area contributed by atoms with Crippen molar-refractivity contribution in [3.05, 3.63) is 77.9 Å². The van der Waals surface area contributed by atoms with Crippen molar-refractivity contribution in [2.75, 3.05) is 0 Å². The number of amides is 1. The summed E-state index contributed by atoms with van der Waals surface area (Å²) in [6.45, 7) is 1.95. The maximum atomic E-state index is 13.1. The third-order valence-electron chi connectivity index (χ3n) is 4.79.